The van der Waals surface area contributed by atoms with E-state index in [2.05, 4.69) is 57.2 Å². The first-order valence-corrected chi connectivity index (χ1v) is 8.04. The van der Waals surface area contributed by atoms with Gasteiger partial charge in [-0.2, -0.15) is 0 Å². The molecule has 0 amide bonds. The minimum atomic E-state index is 0.439. The first-order chi connectivity index (χ1) is 9.22. The second-order valence-electron chi connectivity index (χ2n) is 5.39. The molecule has 1 saturated heterocycles. The molecule has 2 unspecified atom stereocenters. The van der Waals surface area contributed by atoms with Crippen molar-refractivity contribution in [1.29, 1.82) is 0 Å². The Kier molecular flexibility index (Phi) is 5.79. The van der Waals surface area contributed by atoms with E-state index < -0.39 is 0 Å². The highest BCUT2D eigenvalue weighted by atomic mass is 79.9. The number of halogens is 1. The van der Waals surface area contributed by atoms with E-state index in [1.165, 1.54) is 31.5 Å². The molecule has 1 aromatic heterocycles. The average Bonchev–Trinajstić information content (AvgIpc) is 2.59. The van der Waals surface area contributed by atoms with Crippen LogP contribution in [0.2, 0.25) is 0 Å². The van der Waals surface area contributed by atoms with E-state index in [4.69, 9.17) is 0 Å². The van der Waals surface area contributed by atoms with Crippen molar-refractivity contribution in [3.8, 4) is 0 Å². The van der Waals surface area contributed by atoms with Crippen LogP contribution in [-0.4, -0.2) is 36.6 Å². The Bertz CT molecular complexity index is 379. The summed E-state index contributed by atoms with van der Waals surface area (Å²) in [5.74, 6) is 0.654. The third-order valence-corrected chi connectivity index (χ3v) is 4.44. The molecule has 3 nitrogen and oxygen atoms in total. The molecule has 106 valence electrons. The maximum atomic E-state index is 4.64. The fraction of sp³-hybridized carbons (Fsp3) is 0.667. The second-order valence-corrected chi connectivity index (χ2v) is 6.31. The first kappa shape index (κ1) is 14.9. The monoisotopic (exact) mass is 325 g/mol. The van der Waals surface area contributed by atoms with Gasteiger partial charge in [0.2, 0.25) is 0 Å². The number of hydrogen-bond donors (Lipinski definition) is 1. The summed E-state index contributed by atoms with van der Waals surface area (Å²) in [6.07, 6.45) is 5.83. The molecule has 2 rings (SSSR count). The Labute approximate surface area is 124 Å². The van der Waals surface area contributed by atoms with Crippen molar-refractivity contribution in [3.63, 3.8) is 0 Å². The largest absolute Gasteiger partial charge is 0.317 e. The number of pyridine rings is 1. The van der Waals surface area contributed by atoms with Crippen molar-refractivity contribution in [1.82, 2.24) is 15.2 Å². The number of rotatable bonds is 4. The quantitative estimate of drug-likeness (QED) is 0.921. The van der Waals surface area contributed by atoms with Crippen molar-refractivity contribution in [2.45, 2.75) is 32.2 Å². The lowest BCUT2D eigenvalue weighted by atomic mass is 9.92. The summed E-state index contributed by atoms with van der Waals surface area (Å²) in [6.45, 7) is 5.47. The van der Waals surface area contributed by atoms with Gasteiger partial charge in [0.15, 0.2) is 0 Å². The smallest absolute Gasteiger partial charge is 0.0579 e. The van der Waals surface area contributed by atoms with Crippen molar-refractivity contribution < 1.29 is 0 Å². The zero-order valence-corrected chi connectivity index (χ0v) is 13.5. The molecule has 2 atom stereocenters. The van der Waals surface area contributed by atoms with Crippen molar-refractivity contribution in [2.75, 3.05) is 26.7 Å². The summed E-state index contributed by atoms with van der Waals surface area (Å²) in [5, 5.41) is 3.51. The Morgan fingerprint density at radius 3 is 2.95 bits per heavy atom. The number of aromatic nitrogens is 1. The lowest BCUT2D eigenvalue weighted by molar-refractivity contribution is 0.185. The number of likely N-dealkylation sites (tertiary alicyclic amines) is 1. The molecule has 1 aliphatic heterocycles. The molecule has 1 aromatic rings. The van der Waals surface area contributed by atoms with Crippen LogP contribution >= 0.6 is 15.9 Å². The molecular formula is C15H24BrN3. The summed E-state index contributed by atoms with van der Waals surface area (Å²) in [4.78, 5) is 7.11. The van der Waals surface area contributed by atoms with E-state index >= 15 is 0 Å². The van der Waals surface area contributed by atoms with Crippen LogP contribution in [0.5, 0.6) is 0 Å². The molecule has 2 heterocycles. The summed E-state index contributed by atoms with van der Waals surface area (Å²) >= 11 is 3.47. The molecule has 0 radical (unpaired) electrons. The third-order valence-electron chi connectivity index (χ3n) is 3.97. The number of nitrogens with zero attached hydrogens (tertiary/aromatic N) is 2. The van der Waals surface area contributed by atoms with Crippen LogP contribution < -0.4 is 5.32 Å². The van der Waals surface area contributed by atoms with Gasteiger partial charge in [0.05, 0.1) is 11.7 Å². The molecule has 0 aromatic carbocycles. The summed E-state index contributed by atoms with van der Waals surface area (Å²) in [7, 11) is 2.23. The third kappa shape index (κ3) is 4.01. The first-order valence-electron chi connectivity index (χ1n) is 7.24. The lowest BCUT2D eigenvalue weighted by Crippen LogP contribution is -2.35. The lowest BCUT2D eigenvalue weighted by Gasteiger charge is -2.32. The summed E-state index contributed by atoms with van der Waals surface area (Å²) in [6, 6.07) is 4.70. The molecule has 0 aliphatic carbocycles. The molecule has 0 bridgehead atoms. The zero-order valence-electron chi connectivity index (χ0n) is 11.9. The molecule has 1 N–H and O–H groups in total. The van der Waals surface area contributed by atoms with Crippen LogP contribution in [0.3, 0.4) is 0 Å². The van der Waals surface area contributed by atoms with Crippen LogP contribution in [-0.2, 0) is 0 Å². The zero-order chi connectivity index (χ0) is 13.7. The van der Waals surface area contributed by atoms with Crippen molar-refractivity contribution in [3.05, 3.63) is 28.5 Å². The Hall–Kier alpha value is -0.450. The van der Waals surface area contributed by atoms with Gasteiger partial charge in [0.25, 0.3) is 0 Å². The van der Waals surface area contributed by atoms with Gasteiger partial charge in [0.1, 0.15) is 0 Å². The highest BCUT2D eigenvalue weighted by Gasteiger charge is 2.29. The molecule has 4 heteroatoms. The van der Waals surface area contributed by atoms with Crippen molar-refractivity contribution >= 4 is 15.9 Å². The van der Waals surface area contributed by atoms with Gasteiger partial charge in [0, 0.05) is 10.7 Å². The molecule has 0 saturated carbocycles. The second kappa shape index (κ2) is 7.36. The molecule has 0 spiro atoms. The van der Waals surface area contributed by atoms with Crippen LogP contribution in [0, 0.1) is 5.92 Å². The van der Waals surface area contributed by atoms with Crippen LogP contribution in [0.15, 0.2) is 22.8 Å². The average molecular weight is 326 g/mol. The van der Waals surface area contributed by atoms with E-state index in [0.717, 1.165) is 17.6 Å². The minimum Gasteiger partial charge on any atom is -0.317 e. The van der Waals surface area contributed by atoms with E-state index in [0.29, 0.717) is 12.0 Å². The predicted octanol–water partition coefficient (Wildman–Crippen LogP) is 3.23. The van der Waals surface area contributed by atoms with Gasteiger partial charge < -0.3 is 5.32 Å². The van der Waals surface area contributed by atoms with Gasteiger partial charge >= 0.3 is 0 Å². The molecule has 1 aliphatic rings. The van der Waals surface area contributed by atoms with Crippen molar-refractivity contribution in [2.24, 2.45) is 5.92 Å². The fourth-order valence-corrected chi connectivity index (χ4v) is 3.23. The topological polar surface area (TPSA) is 28.2 Å². The minimum absolute atomic E-state index is 0.439. The van der Waals surface area contributed by atoms with Gasteiger partial charge in [-0.3, -0.25) is 9.88 Å². The van der Waals surface area contributed by atoms with Crippen LogP contribution in [0.25, 0.3) is 0 Å². The van der Waals surface area contributed by atoms with E-state index in [1.807, 2.05) is 6.20 Å². The van der Waals surface area contributed by atoms with E-state index in [9.17, 15) is 0 Å². The van der Waals surface area contributed by atoms with Gasteiger partial charge in [-0.1, -0.05) is 13.3 Å². The van der Waals surface area contributed by atoms with Gasteiger partial charge in [-0.25, -0.2) is 0 Å². The Morgan fingerprint density at radius 2 is 2.26 bits per heavy atom. The van der Waals surface area contributed by atoms with Crippen LogP contribution in [0.1, 0.15) is 37.9 Å². The Balaban J connectivity index is 2.20. The van der Waals surface area contributed by atoms with E-state index in [-0.39, 0.29) is 0 Å². The van der Waals surface area contributed by atoms with Gasteiger partial charge in [-0.05, 0) is 73.5 Å². The summed E-state index contributed by atoms with van der Waals surface area (Å²) in [5.41, 5.74) is 1.20. The molecular weight excluding hydrogens is 302 g/mol. The van der Waals surface area contributed by atoms with E-state index in [1.54, 1.807) is 0 Å². The Morgan fingerprint density at radius 1 is 1.42 bits per heavy atom. The SMILES string of the molecule is CCNCC1CCCCN(C)C1c1ccc(Br)cn1. The molecule has 19 heavy (non-hydrogen) atoms. The fourth-order valence-electron chi connectivity index (χ4n) is 3.00. The number of nitrogens with one attached hydrogen (secondary N) is 1. The predicted molar refractivity (Wildman–Crippen MR) is 83.2 cm³/mol. The maximum Gasteiger partial charge on any atom is 0.0579 e. The maximum absolute atomic E-state index is 4.64. The highest BCUT2D eigenvalue weighted by molar-refractivity contribution is 9.10. The summed E-state index contributed by atoms with van der Waals surface area (Å²) < 4.78 is 1.05. The number of hydrogen-bond acceptors (Lipinski definition) is 3. The normalized spacial score (nSPS) is 25.2. The molecule has 1 fully saturated rings. The standard InChI is InChI=1S/C15H24BrN3/c1-3-17-10-12-6-4-5-9-19(2)15(12)14-8-7-13(16)11-18-14/h7-8,11-12,15,17H,3-6,9-10H2,1-2H3. The van der Waals surface area contributed by atoms with Gasteiger partial charge in [-0.15, -0.1) is 0 Å². The van der Waals surface area contributed by atoms with Crippen LogP contribution in [0.4, 0.5) is 0 Å². The highest BCUT2D eigenvalue weighted by Crippen LogP contribution is 2.33.